The second kappa shape index (κ2) is 8.35. The molecule has 0 aliphatic carbocycles. The number of hydrogen-bond acceptors (Lipinski definition) is 5. The molecule has 0 aromatic heterocycles. The van der Waals surface area contributed by atoms with Crippen LogP contribution in [-0.4, -0.2) is 49.0 Å². The molecule has 1 aliphatic heterocycles. The van der Waals surface area contributed by atoms with Gasteiger partial charge in [0.05, 0.1) is 7.11 Å². The fourth-order valence-corrected chi connectivity index (χ4v) is 2.80. The van der Waals surface area contributed by atoms with Crippen LogP contribution in [0.5, 0.6) is 5.75 Å². The molecule has 1 heterocycles. The van der Waals surface area contributed by atoms with Gasteiger partial charge < -0.3 is 15.4 Å². The highest BCUT2D eigenvalue weighted by Crippen LogP contribution is 2.33. The molecule has 1 fully saturated rings. The standard InChI is InChI=1S/C18H22N4O5/c1-4-10-19-16(25)20-14(23)11-22-15(24)18(5-2,21-17(22)26)12-6-8-13(27-3)9-7-12/h4,6-9H,1,5,10-11H2,2-3H3,(H,21,26)(H2,19,20,23,25)/t18-/m0/s1. The second-order valence-corrected chi connectivity index (χ2v) is 5.86. The molecule has 1 aromatic rings. The van der Waals surface area contributed by atoms with Crippen molar-refractivity contribution in [1.82, 2.24) is 20.9 Å². The van der Waals surface area contributed by atoms with E-state index >= 15 is 0 Å². The van der Waals surface area contributed by atoms with Crippen molar-refractivity contribution < 1.29 is 23.9 Å². The molecule has 0 spiro atoms. The van der Waals surface area contributed by atoms with Crippen LogP contribution in [0.2, 0.25) is 0 Å². The summed E-state index contributed by atoms with van der Waals surface area (Å²) in [5.41, 5.74) is -0.690. The molecule has 27 heavy (non-hydrogen) atoms. The molecular weight excluding hydrogens is 352 g/mol. The number of benzene rings is 1. The SMILES string of the molecule is C=CCNC(=O)NC(=O)CN1C(=O)N[C@@](CC)(c2ccc(OC)cc2)C1=O. The van der Waals surface area contributed by atoms with Crippen molar-refractivity contribution in [2.45, 2.75) is 18.9 Å². The second-order valence-electron chi connectivity index (χ2n) is 5.86. The maximum Gasteiger partial charge on any atom is 0.325 e. The first-order valence-electron chi connectivity index (χ1n) is 8.35. The van der Waals surface area contributed by atoms with E-state index < -0.39 is 36.0 Å². The number of methoxy groups -OCH3 is 1. The minimum Gasteiger partial charge on any atom is -0.497 e. The molecule has 0 radical (unpaired) electrons. The van der Waals surface area contributed by atoms with Gasteiger partial charge in [-0.25, -0.2) is 9.59 Å². The lowest BCUT2D eigenvalue weighted by atomic mass is 9.87. The smallest absolute Gasteiger partial charge is 0.325 e. The number of imide groups is 2. The van der Waals surface area contributed by atoms with Gasteiger partial charge in [-0.05, 0) is 24.1 Å². The van der Waals surface area contributed by atoms with Crippen molar-refractivity contribution in [3.8, 4) is 5.75 Å². The maximum atomic E-state index is 12.9. The van der Waals surface area contributed by atoms with Crippen LogP contribution in [0.25, 0.3) is 0 Å². The summed E-state index contributed by atoms with van der Waals surface area (Å²) in [4.78, 5) is 49.6. The Kier molecular flexibility index (Phi) is 6.17. The third-order valence-corrected chi connectivity index (χ3v) is 4.25. The predicted octanol–water partition coefficient (Wildman–Crippen LogP) is 0.864. The minimum absolute atomic E-state index is 0.179. The topological polar surface area (TPSA) is 117 Å². The largest absolute Gasteiger partial charge is 0.497 e. The number of nitrogens with one attached hydrogen (secondary N) is 3. The molecule has 0 bridgehead atoms. The van der Waals surface area contributed by atoms with Crippen molar-refractivity contribution in [3.05, 3.63) is 42.5 Å². The van der Waals surface area contributed by atoms with E-state index in [4.69, 9.17) is 4.74 Å². The van der Waals surface area contributed by atoms with Gasteiger partial charge in [-0.2, -0.15) is 0 Å². The quantitative estimate of drug-likeness (QED) is 0.483. The summed E-state index contributed by atoms with van der Waals surface area (Å²) < 4.78 is 5.11. The summed E-state index contributed by atoms with van der Waals surface area (Å²) >= 11 is 0. The van der Waals surface area contributed by atoms with Crippen molar-refractivity contribution in [2.24, 2.45) is 0 Å². The first-order chi connectivity index (χ1) is 12.9. The van der Waals surface area contributed by atoms with Crippen molar-refractivity contribution in [1.29, 1.82) is 0 Å². The fraction of sp³-hybridized carbons (Fsp3) is 0.333. The van der Waals surface area contributed by atoms with Crippen LogP contribution in [0.1, 0.15) is 18.9 Å². The number of hydrogen-bond donors (Lipinski definition) is 3. The molecular formula is C18H22N4O5. The van der Waals surface area contributed by atoms with Crippen LogP contribution in [0, 0.1) is 0 Å². The molecule has 3 N–H and O–H groups in total. The molecule has 144 valence electrons. The molecule has 1 aromatic carbocycles. The Labute approximate surface area is 156 Å². The lowest BCUT2D eigenvalue weighted by molar-refractivity contribution is -0.135. The maximum absolute atomic E-state index is 12.9. The average Bonchev–Trinajstić information content (AvgIpc) is 2.91. The number of rotatable bonds is 7. The first-order valence-corrected chi connectivity index (χ1v) is 8.35. The Morgan fingerprint density at radius 1 is 1.30 bits per heavy atom. The number of urea groups is 2. The van der Waals surface area contributed by atoms with Crippen LogP contribution in [-0.2, 0) is 15.1 Å². The molecule has 9 heteroatoms. The summed E-state index contributed by atoms with van der Waals surface area (Å²) in [6.45, 7) is 4.81. The highest BCUT2D eigenvalue weighted by Gasteiger charge is 2.51. The lowest BCUT2D eigenvalue weighted by Crippen LogP contribution is -2.47. The zero-order valence-corrected chi connectivity index (χ0v) is 15.2. The molecule has 1 aliphatic rings. The van der Waals surface area contributed by atoms with Crippen LogP contribution < -0.4 is 20.7 Å². The number of nitrogens with zero attached hydrogens (tertiary/aromatic N) is 1. The van der Waals surface area contributed by atoms with E-state index in [1.165, 1.54) is 13.2 Å². The molecule has 0 saturated carbocycles. The van der Waals surface area contributed by atoms with E-state index in [0.717, 1.165) is 4.90 Å². The fourth-order valence-electron chi connectivity index (χ4n) is 2.80. The van der Waals surface area contributed by atoms with Gasteiger partial charge in [0.15, 0.2) is 0 Å². The number of amides is 6. The predicted molar refractivity (Wildman–Crippen MR) is 96.9 cm³/mol. The minimum atomic E-state index is -1.27. The van der Waals surface area contributed by atoms with Crippen molar-refractivity contribution in [3.63, 3.8) is 0 Å². The van der Waals surface area contributed by atoms with E-state index in [-0.39, 0.29) is 6.54 Å². The molecule has 1 saturated heterocycles. The van der Waals surface area contributed by atoms with E-state index in [9.17, 15) is 19.2 Å². The van der Waals surface area contributed by atoms with Crippen molar-refractivity contribution in [2.75, 3.05) is 20.2 Å². The van der Waals surface area contributed by atoms with E-state index in [0.29, 0.717) is 17.7 Å². The van der Waals surface area contributed by atoms with Gasteiger partial charge in [0.1, 0.15) is 17.8 Å². The van der Waals surface area contributed by atoms with E-state index in [1.54, 1.807) is 31.2 Å². The molecule has 6 amide bonds. The van der Waals surface area contributed by atoms with Gasteiger partial charge in [-0.15, -0.1) is 6.58 Å². The van der Waals surface area contributed by atoms with Gasteiger partial charge >= 0.3 is 12.1 Å². The van der Waals surface area contributed by atoms with E-state index in [1.807, 2.05) is 0 Å². The summed E-state index contributed by atoms with van der Waals surface area (Å²) in [5.74, 6) is -0.716. The van der Waals surface area contributed by atoms with Gasteiger partial charge in [-0.3, -0.25) is 19.8 Å². The van der Waals surface area contributed by atoms with Gasteiger partial charge in [0, 0.05) is 6.54 Å². The molecule has 9 nitrogen and oxygen atoms in total. The highest BCUT2D eigenvalue weighted by molar-refractivity contribution is 6.10. The Hall–Kier alpha value is -3.36. The van der Waals surface area contributed by atoms with Crippen LogP contribution in [0.4, 0.5) is 9.59 Å². The first kappa shape index (κ1) is 20.0. The third-order valence-electron chi connectivity index (χ3n) is 4.25. The highest BCUT2D eigenvalue weighted by atomic mass is 16.5. The zero-order valence-electron chi connectivity index (χ0n) is 15.2. The van der Waals surface area contributed by atoms with Gasteiger partial charge in [0.2, 0.25) is 5.91 Å². The van der Waals surface area contributed by atoms with Crippen LogP contribution in [0.15, 0.2) is 36.9 Å². The summed E-state index contributed by atoms with van der Waals surface area (Å²) in [5, 5.41) is 7.09. The van der Waals surface area contributed by atoms with Crippen LogP contribution >= 0.6 is 0 Å². The van der Waals surface area contributed by atoms with Gasteiger partial charge in [0.25, 0.3) is 5.91 Å². The number of ether oxygens (including phenoxy) is 1. The van der Waals surface area contributed by atoms with Gasteiger partial charge in [-0.1, -0.05) is 25.1 Å². The summed E-state index contributed by atoms with van der Waals surface area (Å²) in [6.07, 6.45) is 1.74. The summed E-state index contributed by atoms with van der Waals surface area (Å²) in [6, 6.07) is 5.32. The molecule has 1 atom stereocenters. The monoisotopic (exact) mass is 374 g/mol. The summed E-state index contributed by atoms with van der Waals surface area (Å²) in [7, 11) is 1.53. The molecule has 2 rings (SSSR count). The third kappa shape index (κ3) is 4.08. The Morgan fingerprint density at radius 2 is 1.96 bits per heavy atom. The molecule has 0 unspecified atom stereocenters. The Balaban J connectivity index is 2.15. The number of carbonyl (C=O) groups excluding carboxylic acids is 4. The lowest BCUT2D eigenvalue weighted by Gasteiger charge is -2.25. The Morgan fingerprint density at radius 3 is 2.52 bits per heavy atom. The Bertz CT molecular complexity index is 762. The number of carbonyl (C=O) groups is 4. The zero-order chi connectivity index (χ0) is 20.0. The average molecular weight is 374 g/mol. The van der Waals surface area contributed by atoms with Crippen molar-refractivity contribution >= 4 is 23.9 Å². The normalized spacial score (nSPS) is 18.7. The van der Waals surface area contributed by atoms with Crippen LogP contribution in [0.3, 0.4) is 0 Å². The van der Waals surface area contributed by atoms with E-state index in [2.05, 4.69) is 22.5 Å².